The summed E-state index contributed by atoms with van der Waals surface area (Å²) in [6.45, 7) is 3.91. The van der Waals surface area contributed by atoms with Gasteiger partial charge in [0, 0.05) is 11.6 Å². The summed E-state index contributed by atoms with van der Waals surface area (Å²) in [5, 5.41) is 0.152. The van der Waals surface area contributed by atoms with E-state index in [4.69, 9.17) is 16.4 Å². The highest BCUT2D eigenvalue weighted by atomic mass is 35.5. The van der Waals surface area contributed by atoms with Crippen molar-refractivity contribution in [2.45, 2.75) is 18.7 Å². The number of nitrogens with zero attached hydrogens (tertiary/aromatic N) is 2. The van der Waals surface area contributed by atoms with Crippen LogP contribution >= 0.6 is 11.6 Å². The van der Waals surface area contributed by atoms with E-state index in [9.17, 15) is 9.00 Å². The van der Waals surface area contributed by atoms with E-state index in [1.54, 1.807) is 6.07 Å². The number of nitrogens with one attached hydrogen (secondary N) is 2. The number of aromatic nitrogens is 2. The molecular formula is C20H19ClN4O3S. The van der Waals surface area contributed by atoms with Crippen molar-refractivity contribution in [3.8, 4) is 11.3 Å². The van der Waals surface area contributed by atoms with Gasteiger partial charge in [-0.3, -0.25) is 4.72 Å². The monoisotopic (exact) mass is 430 g/mol. The first kappa shape index (κ1) is 20.8. The van der Waals surface area contributed by atoms with Crippen LogP contribution in [0, 0.1) is 18.6 Å². The van der Waals surface area contributed by atoms with E-state index in [-0.39, 0.29) is 21.6 Å². The number of rotatable bonds is 5. The molecule has 0 bridgehead atoms. The van der Waals surface area contributed by atoms with Gasteiger partial charge in [-0.15, -0.1) is 0 Å². The lowest BCUT2D eigenvalue weighted by Crippen LogP contribution is -2.15. The van der Waals surface area contributed by atoms with Crippen LogP contribution < -0.4 is 4.72 Å². The van der Waals surface area contributed by atoms with E-state index in [1.807, 2.05) is 32.0 Å². The summed E-state index contributed by atoms with van der Waals surface area (Å²) in [6, 6.07) is 13.3. The fourth-order valence-electron chi connectivity index (χ4n) is 2.92. The fourth-order valence-corrected chi connectivity index (χ4v) is 4.13. The molecule has 29 heavy (non-hydrogen) atoms. The van der Waals surface area contributed by atoms with Crippen LogP contribution in [0.3, 0.4) is 0 Å². The standard InChI is InChI=1S/C20H19ClN4O3S/c1-12-6-4-7-13(2)18(12)16-11-17(21)24-20(23-16)25-29(22,27)15-9-5-8-14(10-15)19(26)28-3/h4-11H,1-3H3,(H2,22,23,24,25,27). The van der Waals surface area contributed by atoms with Crippen molar-refractivity contribution in [2.24, 2.45) is 0 Å². The van der Waals surface area contributed by atoms with Gasteiger partial charge in [-0.2, -0.15) is 0 Å². The van der Waals surface area contributed by atoms with E-state index in [2.05, 4.69) is 19.4 Å². The van der Waals surface area contributed by atoms with Gasteiger partial charge in [-0.1, -0.05) is 35.9 Å². The molecule has 150 valence electrons. The molecule has 1 atom stereocenters. The summed E-state index contributed by atoms with van der Waals surface area (Å²) in [5.74, 6) is -0.628. The van der Waals surface area contributed by atoms with Gasteiger partial charge in [0.25, 0.3) is 0 Å². The first-order valence-corrected chi connectivity index (χ1v) is 10.5. The highest BCUT2D eigenvalue weighted by molar-refractivity contribution is 7.93. The number of aryl methyl sites for hydroxylation is 2. The minimum absolute atomic E-state index is 0.0429. The Hall–Kier alpha value is -2.97. The minimum Gasteiger partial charge on any atom is -0.465 e. The normalized spacial score (nSPS) is 12.8. The number of halogens is 1. The number of hydrogen-bond acceptors (Lipinski definition) is 6. The van der Waals surface area contributed by atoms with E-state index in [1.165, 1.54) is 31.4 Å². The second kappa shape index (κ2) is 8.18. The number of methoxy groups -OCH3 is 1. The van der Waals surface area contributed by atoms with Crippen LogP contribution in [-0.4, -0.2) is 27.3 Å². The first-order valence-electron chi connectivity index (χ1n) is 8.57. The van der Waals surface area contributed by atoms with Gasteiger partial charge in [0.2, 0.25) is 5.95 Å². The zero-order valence-corrected chi connectivity index (χ0v) is 17.6. The van der Waals surface area contributed by atoms with Gasteiger partial charge in [0.05, 0.1) is 23.3 Å². The Balaban J connectivity index is 2.00. The predicted octanol–water partition coefficient (Wildman–Crippen LogP) is 4.63. The maximum Gasteiger partial charge on any atom is 0.337 e. The number of hydrogen-bond donors (Lipinski definition) is 2. The fraction of sp³-hybridized carbons (Fsp3) is 0.150. The molecule has 3 aromatic rings. The highest BCUT2D eigenvalue weighted by Gasteiger charge is 2.17. The number of carbonyl (C=O) groups excluding carboxylic acids is 1. The van der Waals surface area contributed by atoms with E-state index in [0.29, 0.717) is 5.69 Å². The Morgan fingerprint density at radius 3 is 2.41 bits per heavy atom. The Morgan fingerprint density at radius 1 is 1.10 bits per heavy atom. The summed E-state index contributed by atoms with van der Waals surface area (Å²) in [4.78, 5) is 20.3. The molecule has 3 rings (SSSR count). The summed E-state index contributed by atoms with van der Waals surface area (Å²) in [6.07, 6.45) is 0. The van der Waals surface area contributed by atoms with E-state index in [0.717, 1.165) is 16.7 Å². The molecule has 7 nitrogen and oxygen atoms in total. The molecule has 9 heteroatoms. The van der Waals surface area contributed by atoms with Gasteiger partial charge < -0.3 is 4.74 Å². The van der Waals surface area contributed by atoms with Crippen molar-refractivity contribution in [3.05, 3.63) is 70.4 Å². The quantitative estimate of drug-likeness (QED) is 0.453. The Bertz CT molecular complexity index is 1180. The second-order valence-electron chi connectivity index (χ2n) is 6.34. The van der Waals surface area contributed by atoms with Gasteiger partial charge in [0.1, 0.15) is 5.15 Å². The summed E-state index contributed by atoms with van der Waals surface area (Å²) >= 11 is 6.16. The van der Waals surface area contributed by atoms with Gasteiger partial charge >= 0.3 is 5.97 Å². The maximum absolute atomic E-state index is 13.0. The van der Waals surface area contributed by atoms with E-state index < -0.39 is 15.9 Å². The lowest BCUT2D eigenvalue weighted by atomic mass is 10.00. The largest absolute Gasteiger partial charge is 0.465 e. The lowest BCUT2D eigenvalue weighted by Gasteiger charge is -2.13. The Kier molecular flexibility index (Phi) is 5.86. The van der Waals surface area contributed by atoms with Crippen LogP contribution in [0.25, 0.3) is 11.3 Å². The average Bonchev–Trinajstić information content (AvgIpc) is 2.66. The first-order chi connectivity index (χ1) is 13.7. The molecule has 0 spiro atoms. The van der Waals surface area contributed by atoms with E-state index >= 15 is 0 Å². The molecule has 1 aromatic heterocycles. The zero-order valence-electron chi connectivity index (χ0n) is 16.0. The van der Waals surface area contributed by atoms with Crippen LogP contribution in [0.2, 0.25) is 5.15 Å². The molecule has 1 heterocycles. The number of ether oxygens (including phenoxy) is 1. The van der Waals surface area contributed by atoms with Crippen LogP contribution in [0.15, 0.2) is 53.4 Å². The van der Waals surface area contributed by atoms with Crippen molar-refractivity contribution in [2.75, 3.05) is 11.8 Å². The van der Waals surface area contributed by atoms with Crippen molar-refractivity contribution in [1.82, 2.24) is 9.97 Å². The van der Waals surface area contributed by atoms with Gasteiger partial charge in [-0.05, 0) is 43.2 Å². The molecule has 0 saturated heterocycles. The molecular weight excluding hydrogens is 412 g/mol. The molecule has 0 saturated carbocycles. The molecule has 0 fully saturated rings. The molecule has 0 aliphatic carbocycles. The SMILES string of the molecule is COC(=O)c1cccc(S(=N)(=O)Nc2nc(Cl)cc(-c3c(C)cccc3C)n2)c1. The summed E-state index contributed by atoms with van der Waals surface area (Å²) in [5.41, 5.74) is 3.65. The zero-order chi connectivity index (χ0) is 21.2. The van der Waals surface area contributed by atoms with Crippen LogP contribution in [0.5, 0.6) is 0 Å². The minimum atomic E-state index is -3.55. The smallest absolute Gasteiger partial charge is 0.337 e. The lowest BCUT2D eigenvalue weighted by molar-refractivity contribution is 0.0600. The molecule has 0 radical (unpaired) electrons. The van der Waals surface area contributed by atoms with Gasteiger partial charge in [-0.25, -0.2) is 23.8 Å². The van der Waals surface area contributed by atoms with Crippen molar-refractivity contribution >= 4 is 33.4 Å². The predicted molar refractivity (Wildman–Crippen MR) is 112 cm³/mol. The molecule has 2 N–H and O–H groups in total. The molecule has 0 aliphatic rings. The Morgan fingerprint density at radius 2 is 1.76 bits per heavy atom. The highest BCUT2D eigenvalue weighted by Crippen LogP contribution is 2.28. The van der Waals surface area contributed by atoms with Crippen molar-refractivity contribution in [1.29, 1.82) is 4.78 Å². The third-order valence-corrected chi connectivity index (χ3v) is 5.84. The molecule has 2 aromatic carbocycles. The van der Waals surface area contributed by atoms with Gasteiger partial charge in [0.15, 0.2) is 9.92 Å². The number of anilines is 1. The average molecular weight is 431 g/mol. The molecule has 0 aliphatic heterocycles. The van der Waals surface area contributed by atoms with Crippen molar-refractivity contribution < 1.29 is 13.7 Å². The molecule has 1 unspecified atom stereocenters. The van der Waals surface area contributed by atoms with Crippen LogP contribution in [-0.2, 0) is 14.7 Å². The van der Waals surface area contributed by atoms with Crippen LogP contribution in [0.1, 0.15) is 21.5 Å². The number of esters is 1. The summed E-state index contributed by atoms with van der Waals surface area (Å²) < 4.78 is 28.5. The Labute approximate surface area is 174 Å². The number of benzene rings is 2. The maximum atomic E-state index is 13.0. The third-order valence-electron chi connectivity index (χ3n) is 4.25. The van der Waals surface area contributed by atoms with Crippen molar-refractivity contribution in [3.63, 3.8) is 0 Å². The second-order valence-corrected chi connectivity index (χ2v) is 8.52. The third kappa shape index (κ3) is 4.55. The summed E-state index contributed by atoms with van der Waals surface area (Å²) in [7, 11) is -2.30. The topological polar surface area (TPSA) is 105 Å². The van der Waals surface area contributed by atoms with Crippen LogP contribution in [0.4, 0.5) is 5.95 Å². The number of carbonyl (C=O) groups is 1. The molecule has 0 amide bonds.